The maximum Gasteiger partial charge on any atom is 0.341 e. The monoisotopic (exact) mass is 810 g/mol. The Kier molecular flexibility index (Phi) is 11.6. The first-order valence-electron chi connectivity index (χ1n) is 19.1. The van der Waals surface area contributed by atoms with E-state index in [1.165, 1.54) is 25.1 Å². The van der Waals surface area contributed by atoms with Crippen LogP contribution in [0.25, 0.3) is 34.2 Å². The topological polar surface area (TPSA) is 273 Å². The van der Waals surface area contributed by atoms with E-state index < -0.39 is 11.9 Å². The molecule has 0 aliphatic heterocycles. The van der Waals surface area contributed by atoms with Crippen molar-refractivity contribution in [2.45, 2.75) is 52.4 Å². The molecule has 0 unspecified atom stereocenters. The summed E-state index contributed by atoms with van der Waals surface area (Å²) in [7, 11) is 3.19. The van der Waals surface area contributed by atoms with E-state index in [-0.39, 0.29) is 68.8 Å². The number of benzene rings is 2. The van der Waals surface area contributed by atoms with Gasteiger partial charge in [0.25, 0.3) is 0 Å². The maximum absolute atomic E-state index is 12.5. The summed E-state index contributed by atoms with van der Waals surface area (Å²) in [6.07, 6.45) is 5.56. The molecule has 0 amide bonds. The van der Waals surface area contributed by atoms with Crippen molar-refractivity contribution >= 4 is 46.6 Å². The molecule has 20 nitrogen and oxygen atoms in total. The zero-order valence-electron chi connectivity index (χ0n) is 33.3. The molecule has 306 valence electrons. The fraction of sp³-hybridized carbons (Fsp3) is 0.250. The number of unbranched alkanes of at least 4 members (excludes halogenated alkanes) is 2. The number of nitrogens with zero attached hydrogens (tertiary/aromatic N) is 14. The van der Waals surface area contributed by atoms with Crippen LogP contribution in [-0.2, 0) is 26.9 Å². The Labute approximate surface area is 343 Å². The molecule has 0 aliphatic rings. The number of nitrogen functional groups attached to an aromatic ring is 2. The van der Waals surface area contributed by atoms with Crippen molar-refractivity contribution in [2.24, 2.45) is 34.6 Å². The first-order chi connectivity index (χ1) is 29.0. The summed E-state index contributed by atoms with van der Waals surface area (Å²) in [5.41, 5.74) is 16.5. The van der Waals surface area contributed by atoms with Crippen molar-refractivity contribution < 1.29 is 19.8 Å². The second kappa shape index (κ2) is 17.3. The fourth-order valence-electron chi connectivity index (χ4n) is 6.55. The van der Waals surface area contributed by atoms with Crippen molar-refractivity contribution in [3.8, 4) is 34.2 Å². The molecule has 0 spiro atoms. The van der Waals surface area contributed by atoms with Gasteiger partial charge in [-0.1, -0.05) is 87.4 Å². The lowest BCUT2D eigenvalue weighted by atomic mass is 10.1. The van der Waals surface area contributed by atoms with Crippen LogP contribution < -0.4 is 11.5 Å². The second-order valence-electron chi connectivity index (χ2n) is 13.7. The van der Waals surface area contributed by atoms with E-state index in [1.54, 1.807) is 68.7 Å². The third-order valence-electron chi connectivity index (χ3n) is 9.58. The van der Waals surface area contributed by atoms with E-state index in [4.69, 9.17) is 21.7 Å². The lowest BCUT2D eigenvalue weighted by Gasteiger charge is -2.06. The average Bonchev–Trinajstić information content (AvgIpc) is 3.97. The lowest BCUT2D eigenvalue weighted by Crippen LogP contribution is -2.09. The predicted molar refractivity (Wildman–Crippen MR) is 222 cm³/mol. The summed E-state index contributed by atoms with van der Waals surface area (Å²) >= 11 is 0. The van der Waals surface area contributed by atoms with Gasteiger partial charge in [-0.25, -0.2) is 28.9 Å². The molecule has 0 aliphatic carbocycles. The minimum atomic E-state index is -1.21. The normalized spacial score (nSPS) is 11.7. The molecule has 7 rings (SSSR count). The number of nitrogens with two attached hydrogens (primary N) is 2. The van der Waals surface area contributed by atoms with Crippen molar-refractivity contribution in [1.29, 1.82) is 0 Å². The van der Waals surface area contributed by atoms with Gasteiger partial charge in [0, 0.05) is 31.3 Å². The molecule has 0 atom stereocenters. The Morgan fingerprint density at radius 2 is 1.02 bits per heavy atom. The SMILES string of the molecule is CCCCc1nn(-c2cc(-n3nc(CCCC)c(N=Nc4c(C(=O)O)c(-c5ccccc5)nn4C)c3N)ncn2)c(N)c1N=Nc1c(C(=O)O)c(-c2ccccc2)nn1C. The minimum Gasteiger partial charge on any atom is -0.477 e. The largest absolute Gasteiger partial charge is 0.477 e. The number of aromatic carboxylic acids is 2. The maximum atomic E-state index is 12.5. The predicted octanol–water partition coefficient (Wildman–Crippen LogP) is 7.73. The Balaban J connectivity index is 1.27. The standard InChI is InChI=1S/C40H42N16O4/c1-5-7-19-25-33(45-47-37-29(39(57)58)31(51-53(37)3)23-15-11-9-12-16-23)35(41)55(49-25)27-21-28(44-22-43-27)56-36(42)34(26(50-56)20-8-6-2)46-48-38-30(40(59)60)32(52-54(38)4)24-17-13-10-14-18-24/h9-18,21-22H,5-8,19-20,41-42H2,1-4H3,(H,57,58)(H,59,60). The van der Waals surface area contributed by atoms with Crippen LogP contribution in [0.4, 0.5) is 34.6 Å². The molecule has 6 N–H and O–H groups in total. The summed E-state index contributed by atoms with van der Waals surface area (Å²) in [6.45, 7) is 4.08. The van der Waals surface area contributed by atoms with Crippen LogP contribution in [0.3, 0.4) is 0 Å². The number of aromatic nitrogens is 10. The van der Waals surface area contributed by atoms with Gasteiger partial charge >= 0.3 is 11.9 Å². The molecular weight excluding hydrogens is 769 g/mol. The number of azo groups is 2. The van der Waals surface area contributed by atoms with Gasteiger partial charge in [-0.2, -0.15) is 29.8 Å². The Hall–Kier alpha value is -7.90. The van der Waals surface area contributed by atoms with Crippen LogP contribution in [0.1, 0.15) is 71.6 Å². The highest BCUT2D eigenvalue weighted by Gasteiger charge is 2.27. The number of carboxylic acid groups (broad SMARTS) is 2. The van der Waals surface area contributed by atoms with Crippen molar-refractivity contribution in [3.05, 3.63) is 95.6 Å². The van der Waals surface area contributed by atoms with Gasteiger partial charge in [-0.3, -0.25) is 0 Å². The highest BCUT2D eigenvalue weighted by Crippen LogP contribution is 2.37. The van der Waals surface area contributed by atoms with Crippen LogP contribution in [-0.4, -0.2) is 71.2 Å². The van der Waals surface area contributed by atoms with Crippen molar-refractivity contribution in [1.82, 2.24) is 49.1 Å². The number of anilines is 2. The second-order valence-corrected chi connectivity index (χ2v) is 13.7. The Morgan fingerprint density at radius 1 is 0.617 bits per heavy atom. The van der Waals surface area contributed by atoms with E-state index in [0.29, 0.717) is 35.4 Å². The average molecular weight is 811 g/mol. The van der Waals surface area contributed by atoms with Crippen molar-refractivity contribution in [2.75, 3.05) is 11.5 Å². The molecule has 5 heterocycles. The zero-order valence-corrected chi connectivity index (χ0v) is 33.3. The van der Waals surface area contributed by atoms with Gasteiger partial charge in [0.05, 0.1) is 11.4 Å². The van der Waals surface area contributed by atoms with Crippen LogP contribution in [0.15, 0.2) is 93.5 Å². The number of rotatable bonds is 16. The number of carboxylic acids is 2. The van der Waals surface area contributed by atoms with Gasteiger partial charge in [-0.15, -0.1) is 20.5 Å². The molecule has 0 saturated carbocycles. The Morgan fingerprint density at radius 3 is 1.38 bits per heavy atom. The van der Waals surface area contributed by atoms with Crippen LogP contribution >= 0.6 is 0 Å². The molecule has 20 heteroatoms. The van der Waals surface area contributed by atoms with Gasteiger partial charge < -0.3 is 21.7 Å². The summed E-state index contributed by atoms with van der Waals surface area (Å²) in [5.74, 6) is -1.64. The molecule has 0 saturated heterocycles. The highest BCUT2D eigenvalue weighted by atomic mass is 16.4. The van der Waals surface area contributed by atoms with E-state index in [9.17, 15) is 19.8 Å². The molecule has 7 aromatic rings. The van der Waals surface area contributed by atoms with Gasteiger partial charge in [0.2, 0.25) is 0 Å². The number of hydrogen-bond donors (Lipinski definition) is 4. The summed E-state index contributed by atoms with van der Waals surface area (Å²) in [5, 5.41) is 56.4. The number of aryl methyl sites for hydroxylation is 4. The highest BCUT2D eigenvalue weighted by molar-refractivity contribution is 6.00. The number of hydrogen-bond acceptors (Lipinski definition) is 14. The first kappa shape index (κ1) is 40.3. The molecule has 0 bridgehead atoms. The third-order valence-corrected chi connectivity index (χ3v) is 9.58. The van der Waals surface area contributed by atoms with Gasteiger partial charge in [0.1, 0.15) is 28.8 Å². The minimum absolute atomic E-state index is 0.0273. The summed E-state index contributed by atoms with van der Waals surface area (Å²) in [4.78, 5) is 33.9. The van der Waals surface area contributed by atoms with E-state index in [0.717, 1.165) is 25.7 Å². The first-order valence-corrected chi connectivity index (χ1v) is 19.1. The van der Waals surface area contributed by atoms with Crippen LogP contribution in [0.5, 0.6) is 0 Å². The van der Waals surface area contributed by atoms with E-state index in [2.05, 4.69) is 40.6 Å². The third kappa shape index (κ3) is 7.84. The summed E-state index contributed by atoms with van der Waals surface area (Å²) < 4.78 is 5.53. The van der Waals surface area contributed by atoms with Crippen molar-refractivity contribution in [3.63, 3.8) is 0 Å². The molecule has 2 aromatic carbocycles. The molecular formula is C40H42N16O4. The lowest BCUT2D eigenvalue weighted by molar-refractivity contribution is 0.0687. The summed E-state index contributed by atoms with van der Waals surface area (Å²) in [6, 6.07) is 19.5. The fourth-order valence-corrected chi connectivity index (χ4v) is 6.55. The molecule has 0 fully saturated rings. The van der Waals surface area contributed by atoms with Crippen LogP contribution in [0.2, 0.25) is 0 Å². The Bertz CT molecular complexity index is 2560. The molecule has 0 radical (unpaired) electrons. The van der Waals surface area contributed by atoms with Gasteiger partial charge in [0.15, 0.2) is 46.3 Å². The molecule has 60 heavy (non-hydrogen) atoms. The van der Waals surface area contributed by atoms with E-state index in [1.807, 2.05) is 26.0 Å². The molecule has 5 aromatic heterocycles. The quantitative estimate of drug-likeness (QED) is 0.0683. The van der Waals surface area contributed by atoms with E-state index >= 15 is 0 Å². The van der Waals surface area contributed by atoms with Crippen LogP contribution in [0, 0.1) is 0 Å². The van der Waals surface area contributed by atoms with Gasteiger partial charge in [-0.05, 0) is 25.7 Å². The number of carbonyl (C=O) groups is 2. The smallest absolute Gasteiger partial charge is 0.341 e. The zero-order chi connectivity index (χ0) is 42.5.